The van der Waals surface area contributed by atoms with Crippen LogP contribution in [0.1, 0.15) is 18.9 Å². The van der Waals surface area contributed by atoms with Gasteiger partial charge in [-0.15, -0.1) is 0 Å². The number of nitrogens with one attached hydrogen (secondary N) is 2. The predicted molar refractivity (Wildman–Crippen MR) is 80.8 cm³/mol. The third-order valence-corrected chi connectivity index (χ3v) is 3.94. The van der Waals surface area contributed by atoms with Gasteiger partial charge in [0.1, 0.15) is 6.04 Å². The van der Waals surface area contributed by atoms with E-state index in [1.54, 1.807) is 4.90 Å². The summed E-state index contributed by atoms with van der Waals surface area (Å²) >= 11 is 0. The number of benzene rings is 1. The fraction of sp³-hybridized carbons (Fsp3) is 0.375. The van der Waals surface area contributed by atoms with Gasteiger partial charge in [-0.3, -0.25) is 9.59 Å². The van der Waals surface area contributed by atoms with Gasteiger partial charge in [-0.25, -0.2) is 0 Å². The molecule has 0 radical (unpaired) electrons. The molecule has 0 bridgehead atoms. The maximum atomic E-state index is 12.4. The van der Waals surface area contributed by atoms with Gasteiger partial charge in [0.2, 0.25) is 11.8 Å². The lowest BCUT2D eigenvalue weighted by Crippen LogP contribution is -2.53. The van der Waals surface area contributed by atoms with Crippen molar-refractivity contribution in [3.05, 3.63) is 36.0 Å². The summed E-state index contributed by atoms with van der Waals surface area (Å²) in [6, 6.07) is 7.49. The number of hydrogen-bond acceptors (Lipinski definition) is 2. The number of carbonyl (C=O) groups is 2. The summed E-state index contributed by atoms with van der Waals surface area (Å²) in [5.41, 5.74) is 2.10. The normalized spacial score (nSPS) is 15.6. The van der Waals surface area contributed by atoms with Crippen molar-refractivity contribution in [1.82, 2.24) is 15.2 Å². The van der Waals surface area contributed by atoms with Gasteiger partial charge in [-0.1, -0.05) is 18.2 Å². The zero-order valence-electron chi connectivity index (χ0n) is 12.1. The number of fused-ring (bicyclic) bond motifs is 1. The molecule has 1 atom stereocenters. The number of rotatable bonds is 4. The van der Waals surface area contributed by atoms with Crippen molar-refractivity contribution >= 4 is 22.7 Å². The first-order chi connectivity index (χ1) is 10.1. The minimum atomic E-state index is -0.484. The molecule has 110 valence electrons. The van der Waals surface area contributed by atoms with Crippen LogP contribution in [0.15, 0.2) is 30.5 Å². The predicted octanol–water partition coefficient (Wildman–Crippen LogP) is 1.45. The largest absolute Gasteiger partial charge is 0.361 e. The first-order valence-corrected chi connectivity index (χ1v) is 7.26. The van der Waals surface area contributed by atoms with Gasteiger partial charge < -0.3 is 15.2 Å². The van der Waals surface area contributed by atoms with E-state index in [4.69, 9.17) is 0 Å². The molecular weight excluding hydrogens is 266 g/mol. The van der Waals surface area contributed by atoms with Crippen LogP contribution in [0.2, 0.25) is 0 Å². The second kappa shape index (κ2) is 5.60. The van der Waals surface area contributed by atoms with Gasteiger partial charge in [0.25, 0.3) is 0 Å². The molecule has 1 fully saturated rings. The Morgan fingerprint density at radius 2 is 2.10 bits per heavy atom. The number of aromatic nitrogens is 1. The lowest BCUT2D eigenvalue weighted by molar-refractivity contribution is -0.139. The summed E-state index contributed by atoms with van der Waals surface area (Å²) in [6.07, 6.45) is 3.48. The van der Waals surface area contributed by atoms with Crippen LogP contribution >= 0.6 is 0 Å². The summed E-state index contributed by atoms with van der Waals surface area (Å²) in [7, 11) is 0. The summed E-state index contributed by atoms with van der Waals surface area (Å²) in [4.78, 5) is 28.8. The molecule has 1 unspecified atom stereocenters. The van der Waals surface area contributed by atoms with Crippen LogP contribution in [-0.4, -0.2) is 40.8 Å². The number of likely N-dealkylation sites (tertiary alicyclic amines) is 1. The van der Waals surface area contributed by atoms with E-state index in [2.05, 4.69) is 10.3 Å². The number of hydrogen-bond donors (Lipinski definition) is 2. The molecule has 2 aromatic rings. The Hall–Kier alpha value is -2.30. The van der Waals surface area contributed by atoms with Crippen molar-refractivity contribution in [2.24, 2.45) is 0 Å². The van der Waals surface area contributed by atoms with Gasteiger partial charge in [0.15, 0.2) is 0 Å². The Labute approximate surface area is 123 Å². The minimum Gasteiger partial charge on any atom is -0.361 e. The van der Waals surface area contributed by atoms with E-state index in [0.29, 0.717) is 6.42 Å². The number of para-hydroxylation sites is 1. The van der Waals surface area contributed by atoms with Crippen LogP contribution in [0.3, 0.4) is 0 Å². The zero-order valence-corrected chi connectivity index (χ0v) is 12.1. The third-order valence-electron chi connectivity index (χ3n) is 3.94. The molecule has 1 aromatic carbocycles. The Morgan fingerprint density at radius 1 is 1.33 bits per heavy atom. The molecule has 1 aromatic heterocycles. The van der Waals surface area contributed by atoms with Gasteiger partial charge >= 0.3 is 0 Å². The van der Waals surface area contributed by atoms with Crippen molar-refractivity contribution in [3.63, 3.8) is 0 Å². The van der Waals surface area contributed by atoms with Gasteiger partial charge in [-0.05, 0) is 18.1 Å². The van der Waals surface area contributed by atoms with Gasteiger partial charge in [-0.2, -0.15) is 0 Å². The molecule has 1 aliphatic heterocycles. The summed E-state index contributed by atoms with van der Waals surface area (Å²) in [5, 5.41) is 3.89. The van der Waals surface area contributed by atoms with Crippen molar-refractivity contribution < 1.29 is 9.59 Å². The van der Waals surface area contributed by atoms with Gasteiger partial charge in [0, 0.05) is 43.5 Å². The molecule has 1 aliphatic rings. The fourth-order valence-corrected chi connectivity index (χ4v) is 2.72. The molecule has 1 saturated heterocycles. The van der Waals surface area contributed by atoms with E-state index in [0.717, 1.165) is 36.0 Å². The van der Waals surface area contributed by atoms with E-state index >= 15 is 0 Å². The molecule has 0 spiro atoms. The van der Waals surface area contributed by atoms with Crippen molar-refractivity contribution in [1.29, 1.82) is 0 Å². The van der Waals surface area contributed by atoms with E-state index in [9.17, 15) is 9.59 Å². The average Bonchev–Trinajstić information content (AvgIpc) is 2.79. The second-order valence-electron chi connectivity index (χ2n) is 5.50. The summed E-state index contributed by atoms with van der Waals surface area (Å²) in [6.45, 7) is 3.04. The smallest absolute Gasteiger partial charge is 0.245 e. The fourth-order valence-electron chi connectivity index (χ4n) is 2.72. The average molecular weight is 285 g/mol. The molecule has 0 saturated carbocycles. The summed E-state index contributed by atoms with van der Waals surface area (Å²) < 4.78 is 0. The number of aromatic amines is 1. The highest BCUT2D eigenvalue weighted by atomic mass is 16.2. The molecule has 2 heterocycles. The third kappa shape index (κ3) is 2.77. The van der Waals surface area contributed by atoms with E-state index < -0.39 is 6.04 Å². The van der Waals surface area contributed by atoms with Crippen LogP contribution in [0.5, 0.6) is 0 Å². The Morgan fingerprint density at radius 3 is 2.76 bits per heavy atom. The molecule has 21 heavy (non-hydrogen) atoms. The highest BCUT2D eigenvalue weighted by Gasteiger charge is 2.29. The number of nitrogens with zero attached hydrogens (tertiary/aromatic N) is 1. The monoisotopic (exact) mass is 285 g/mol. The van der Waals surface area contributed by atoms with Crippen LogP contribution in [0.25, 0.3) is 10.9 Å². The first-order valence-electron chi connectivity index (χ1n) is 7.26. The van der Waals surface area contributed by atoms with Crippen LogP contribution < -0.4 is 5.32 Å². The second-order valence-corrected chi connectivity index (χ2v) is 5.50. The lowest BCUT2D eigenvalue weighted by Gasteiger charge is -2.34. The zero-order chi connectivity index (χ0) is 14.8. The maximum absolute atomic E-state index is 12.4. The Bertz CT molecular complexity index is 673. The quantitative estimate of drug-likeness (QED) is 0.893. The van der Waals surface area contributed by atoms with E-state index in [-0.39, 0.29) is 11.8 Å². The molecular formula is C16H19N3O2. The highest BCUT2D eigenvalue weighted by molar-refractivity contribution is 5.89. The van der Waals surface area contributed by atoms with Crippen molar-refractivity contribution in [2.75, 3.05) is 13.1 Å². The van der Waals surface area contributed by atoms with Crippen molar-refractivity contribution in [3.8, 4) is 0 Å². The summed E-state index contributed by atoms with van der Waals surface area (Å²) in [5.74, 6) is -0.157. The molecule has 3 rings (SSSR count). The first kappa shape index (κ1) is 13.7. The Balaban J connectivity index is 1.83. The molecule has 2 N–H and O–H groups in total. The van der Waals surface area contributed by atoms with Gasteiger partial charge in [0.05, 0.1) is 0 Å². The number of H-pyrrole nitrogens is 1. The van der Waals surface area contributed by atoms with E-state index in [1.165, 1.54) is 6.92 Å². The van der Waals surface area contributed by atoms with Crippen molar-refractivity contribution in [2.45, 2.75) is 25.8 Å². The number of amides is 2. The maximum Gasteiger partial charge on any atom is 0.245 e. The minimum absolute atomic E-state index is 0.0155. The SMILES string of the molecule is CC(=O)NC(Cc1c[nH]c2ccccc12)C(=O)N1CCC1. The van der Waals surface area contributed by atoms with Crippen LogP contribution in [0.4, 0.5) is 0 Å². The molecule has 0 aliphatic carbocycles. The van der Waals surface area contributed by atoms with E-state index in [1.807, 2.05) is 30.5 Å². The Kier molecular flexibility index (Phi) is 3.64. The van der Waals surface area contributed by atoms with Crippen LogP contribution in [-0.2, 0) is 16.0 Å². The standard InChI is InChI=1S/C16H19N3O2/c1-11(20)18-15(16(21)19-7-4-8-19)9-12-10-17-14-6-3-2-5-13(12)14/h2-3,5-6,10,15,17H,4,7-9H2,1H3,(H,18,20). The number of carbonyl (C=O) groups excluding carboxylic acids is 2. The topological polar surface area (TPSA) is 65.2 Å². The molecule has 5 nitrogen and oxygen atoms in total. The highest BCUT2D eigenvalue weighted by Crippen LogP contribution is 2.20. The van der Waals surface area contributed by atoms with Crippen LogP contribution in [0, 0.1) is 0 Å². The molecule has 2 amide bonds. The lowest BCUT2D eigenvalue weighted by atomic mass is 10.0. The molecule has 5 heteroatoms.